The molecule has 0 fully saturated rings. The van der Waals surface area contributed by atoms with Crippen molar-refractivity contribution >= 4 is 23.4 Å². The molecule has 0 saturated heterocycles. The van der Waals surface area contributed by atoms with Gasteiger partial charge in [0.15, 0.2) is 23.1 Å². The highest BCUT2D eigenvalue weighted by atomic mass is 19.1. The summed E-state index contributed by atoms with van der Waals surface area (Å²) in [6, 6.07) is 12.9. The number of benzene rings is 2. The van der Waals surface area contributed by atoms with Crippen molar-refractivity contribution < 1.29 is 32.6 Å². The van der Waals surface area contributed by atoms with Crippen molar-refractivity contribution in [2.75, 3.05) is 19.5 Å². The van der Waals surface area contributed by atoms with Gasteiger partial charge >= 0.3 is 6.09 Å². The average molecular weight is 481 g/mol. The largest absolute Gasteiger partial charge is 0.492 e. The van der Waals surface area contributed by atoms with E-state index in [2.05, 4.69) is 10.4 Å². The number of nitrogens with zero attached hydrogens (tertiary/aromatic N) is 2. The molecule has 35 heavy (non-hydrogen) atoms. The first-order valence-electron chi connectivity index (χ1n) is 10.9. The van der Waals surface area contributed by atoms with Crippen LogP contribution in [0.15, 0.2) is 64.3 Å². The van der Waals surface area contributed by atoms with E-state index in [1.54, 1.807) is 36.4 Å². The van der Waals surface area contributed by atoms with Crippen molar-refractivity contribution in [3.63, 3.8) is 0 Å². The SMILES string of the molecule is CCC1OC(=O)N(Cc2ccc(NC(=O)c3ccco3)cc2)N=C1c1ccc(F)c(OC)c1OC. The van der Waals surface area contributed by atoms with Gasteiger partial charge in [0.1, 0.15) is 11.8 Å². The molecule has 1 N–H and O–H groups in total. The molecular formula is C25H24FN3O6. The molecule has 182 valence electrons. The van der Waals surface area contributed by atoms with E-state index < -0.39 is 18.0 Å². The monoisotopic (exact) mass is 481 g/mol. The lowest BCUT2D eigenvalue weighted by atomic mass is 10.0. The Hall–Kier alpha value is -4.34. The number of carbonyl (C=O) groups excluding carboxylic acids is 2. The first kappa shape index (κ1) is 23.8. The normalized spacial score (nSPS) is 15.3. The molecule has 2 heterocycles. The molecule has 0 aliphatic carbocycles. The van der Waals surface area contributed by atoms with Gasteiger partial charge < -0.3 is 23.9 Å². The molecule has 0 saturated carbocycles. The molecule has 0 bridgehead atoms. The van der Waals surface area contributed by atoms with Gasteiger partial charge in [-0.15, -0.1) is 0 Å². The minimum absolute atomic E-state index is 0.0572. The summed E-state index contributed by atoms with van der Waals surface area (Å²) in [5.41, 5.74) is 2.20. The highest BCUT2D eigenvalue weighted by Gasteiger charge is 2.33. The van der Waals surface area contributed by atoms with Gasteiger partial charge in [-0.2, -0.15) is 10.1 Å². The molecule has 2 amide bonds. The summed E-state index contributed by atoms with van der Waals surface area (Å²) in [5.74, 6) is -0.640. The van der Waals surface area contributed by atoms with Crippen LogP contribution < -0.4 is 14.8 Å². The molecule has 2 aromatic carbocycles. The first-order chi connectivity index (χ1) is 16.9. The fraction of sp³-hybridized carbons (Fsp3) is 0.240. The Balaban J connectivity index is 1.58. The van der Waals surface area contributed by atoms with E-state index in [1.165, 1.54) is 37.6 Å². The summed E-state index contributed by atoms with van der Waals surface area (Å²) in [6.45, 7) is 1.97. The standard InChI is InChI=1S/C25H24FN3O6/c1-4-19-21(17-11-12-18(26)23(33-3)22(17)32-2)28-29(25(31)35-19)14-15-7-9-16(10-8-15)27-24(30)20-6-5-13-34-20/h5-13,19H,4,14H2,1-3H3,(H,27,30). The fourth-order valence-electron chi connectivity index (χ4n) is 3.68. The third kappa shape index (κ3) is 4.96. The van der Waals surface area contributed by atoms with E-state index in [4.69, 9.17) is 18.6 Å². The Kier molecular flexibility index (Phi) is 7.00. The number of hydrogen-bond donors (Lipinski definition) is 1. The van der Waals surface area contributed by atoms with E-state index in [-0.39, 0.29) is 29.7 Å². The lowest BCUT2D eigenvalue weighted by Gasteiger charge is -2.30. The number of furan rings is 1. The molecule has 0 radical (unpaired) electrons. The molecular weight excluding hydrogens is 457 g/mol. The van der Waals surface area contributed by atoms with Crippen molar-refractivity contribution in [1.29, 1.82) is 0 Å². The number of rotatable bonds is 8. The van der Waals surface area contributed by atoms with Crippen molar-refractivity contribution in [1.82, 2.24) is 5.01 Å². The molecule has 1 aromatic heterocycles. The van der Waals surface area contributed by atoms with E-state index >= 15 is 0 Å². The van der Waals surface area contributed by atoms with Crippen LogP contribution >= 0.6 is 0 Å². The molecule has 10 heteroatoms. The molecule has 1 aliphatic heterocycles. The summed E-state index contributed by atoms with van der Waals surface area (Å²) in [4.78, 5) is 24.8. The molecule has 1 unspecified atom stereocenters. The highest BCUT2D eigenvalue weighted by molar-refractivity contribution is 6.08. The predicted octanol–water partition coefficient (Wildman–Crippen LogP) is 4.82. The molecule has 3 aromatic rings. The zero-order valence-electron chi connectivity index (χ0n) is 19.4. The minimum Gasteiger partial charge on any atom is -0.492 e. The molecule has 0 spiro atoms. The Bertz CT molecular complexity index is 1240. The van der Waals surface area contributed by atoms with Crippen molar-refractivity contribution in [2.24, 2.45) is 5.10 Å². The van der Waals surface area contributed by atoms with Crippen LogP contribution in [0, 0.1) is 5.82 Å². The van der Waals surface area contributed by atoms with Crippen molar-refractivity contribution in [2.45, 2.75) is 26.0 Å². The summed E-state index contributed by atoms with van der Waals surface area (Å²) in [5, 5.41) is 8.45. The van der Waals surface area contributed by atoms with Gasteiger partial charge in [0.05, 0.1) is 27.0 Å². The number of methoxy groups -OCH3 is 2. The fourth-order valence-corrected chi connectivity index (χ4v) is 3.68. The van der Waals surface area contributed by atoms with Gasteiger partial charge in [0.2, 0.25) is 0 Å². The van der Waals surface area contributed by atoms with Crippen LogP contribution in [0.5, 0.6) is 11.5 Å². The van der Waals surface area contributed by atoms with Crippen molar-refractivity contribution in [3.05, 3.63) is 77.5 Å². The Morgan fingerprint density at radius 3 is 2.49 bits per heavy atom. The molecule has 4 rings (SSSR count). The predicted molar refractivity (Wildman–Crippen MR) is 125 cm³/mol. The maximum absolute atomic E-state index is 14.2. The maximum atomic E-state index is 14.2. The van der Waals surface area contributed by atoms with Gasteiger partial charge in [0, 0.05) is 11.3 Å². The van der Waals surface area contributed by atoms with Gasteiger partial charge in [-0.3, -0.25) is 4.79 Å². The van der Waals surface area contributed by atoms with Crippen LogP contribution in [0.2, 0.25) is 0 Å². The highest BCUT2D eigenvalue weighted by Crippen LogP contribution is 2.36. The van der Waals surface area contributed by atoms with Crippen molar-refractivity contribution in [3.8, 4) is 11.5 Å². The van der Waals surface area contributed by atoms with Gasteiger partial charge in [-0.05, 0) is 48.4 Å². The van der Waals surface area contributed by atoms with E-state index in [0.29, 0.717) is 23.4 Å². The van der Waals surface area contributed by atoms with Gasteiger partial charge in [-0.1, -0.05) is 19.1 Å². The topological polar surface area (TPSA) is 103 Å². The second-order valence-corrected chi connectivity index (χ2v) is 7.61. The third-order valence-electron chi connectivity index (χ3n) is 5.40. The van der Waals surface area contributed by atoms with E-state index in [1.807, 2.05) is 6.92 Å². The van der Waals surface area contributed by atoms with E-state index in [9.17, 15) is 14.0 Å². The number of ether oxygens (including phenoxy) is 3. The van der Waals surface area contributed by atoms with Crippen LogP contribution in [0.3, 0.4) is 0 Å². The molecule has 1 atom stereocenters. The van der Waals surface area contributed by atoms with Gasteiger partial charge in [-0.25, -0.2) is 9.18 Å². The lowest BCUT2D eigenvalue weighted by molar-refractivity contribution is 0.0711. The van der Waals surface area contributed by atoms with Gasteiger partial charge in [0.25, 0.3) is 5.91 Å². The maximum Gasteiger partial charge on any atom is 0.431 e. The number of anilines is 1. The third-order valence-corrected chi connectivity index (χ3v) is 5.40. The first-order valence-corrected chi connectivity index (χ1v) is 10.9. The zero-order chi connectivity index (χ0) is 24.9. The quantitative estimate of drug-likeness (QED) is 0.495. The molecule has 9 nitrogen and oxygen atoms in total. The number of cyclic esters (lactones) is 1. The number of halogens is 1. The minimum atomic E-state index is -0.637. The lowest BCUT2D eigenvalue weighted by Crippen LogP contribution is -2.41. The summed E-state index contributed by atoms with van der Waals surface area (Å²) < 4.78 is 35.5. The number of hydrazone groups is 1. The van der Waals surface area contributed by atoms with Crippen LogP contribution in [0.1, 0.15) is 35.0 Å². The number of carbonyl (C=O) groups is 2. The van der Waals surface area contributed by atoms with Crippen LogP contribution in [-0.4, -0.2) is 43.0 Å². The number of amides is 2. The number of nitrogens with one attached hydrogen (secondary N) is 1. The summed E-state index contributed by atoms with van der Waals surface area (Å²) in [6.07, 6.45) is 0.641. The van der Waals surface area contributed by atoms with Crippen LogP contribution in [0.4, 0.5) is 14.9 Å². The Morgan fingerprint density at radius 1 is 1.11 bits per heavy atom. The number of hydrogen-bond acceptors (Lipinski definition) is 7. The Labute approximate surface area is 201 Å². The Morgan fingerprint density at radius 2 is 1.86 bits per heavy atom. The van der Waals surface area contributed by atoms with Crippen LogP contribution in [0.25, 0.3) is 0 Å². The van der Waals surface area contributed by atoms with Crippen LogP contribution in [-0.2, 0) is 11.3 Å². The molecule has 1 aliphatic rings. The summed E-state index contributed by atoms with van der Waals surface area (Å²) >= 11 is 0. The second kappa shape index (κ2) is 10.3. The smallest absolute Gasteiger partial charge is 0.431 e. The van der Waals surface area contributed by atoms with E-state index in [0.717, 1.165) is 5.56 Å². The average Bonchev–Trinajstić information content (AvgIpc) is 3.41. The second-order valence-electron chi connectivity index (χ2n) is 7.61. The zero-order valence-corrected chi connectivity index (χ0v) is 19.4. The summed E-state index contributed by atoms with van der Waals surface area (Å²) in [7, 11) is 2.75.